The van der Waals surface area contributed by atoms with Crippen LogP contribution < -0.4 is 4.72 Å². The fourth-order valence-corrected chi connectivity index (χ4v) is 4.94. The number of alkyl halides is 1. The SMILES string of the molecule is CC(C)(O)C(I)c1cc(-c2csc(-c3ccc(NS(C)(=O)=O)cc3Cl)c2)ccn1. The largest absolute Gasteiger partial charge is 0.389 e. The standard InChI is InChI=1S/C20H20ClIN2O3S2/c1-20(2,25)19(22)17-8-12(6-7-23-17)13-9-18(28-11-13)15-5-4-14(10-16(15)21)24-29(3,26)27/h4-11,19,24-25H,1-3H3. The number of benzene rings is 1. The minimum atomic E-state index is -3.36. The molecule has 0 aliphatic heterocycles. The number of nitrogens with zero attached hydrogens (tertiary/aromatic N) is 1. The first-order valence-electron chi connectivity index (χ1n) is 8.63. The first kappa shape index (κ1) is 22.5. The van der Waals surface area contributed by atoms with Gasteiger partial charge in [-0.05, 0) is 66.8 Å². The molecule has 1 aromatic carbocycles. The van der Waals surface area contributed by atoms with Crippen LogP contribution in [0.2, 0.25) is 5.02 Å². The molecule has 29 heavy (non-hydrogen) atoms. The zero-order valence-corrected chi connectivity index (χ0v) is 20.5. The molecule has 0 aliphatic carbocycles. The van der Waals surface area contributed by atoms with Crippen LogP contribution in [-0.4, -0.2) is 30.4 Å². The number of hydrogen-bond donors (Lipinski definition) is 2. The lowest BCUT2D eigenvalue weighted by atomic mass is 10.00. The van der Waals surface area contributed by atoms with E-state index in [-0.39, 0.29) is 3.92 Å². The Hall–Kier alpha value is -1.20. The maximum Gasteiger partial charge on any atom is 0.229 e. The Labute approximate surface area is 193 Å². The molecule has 0 saturated carbocycles. The van der Waals surface area contributed by atoms with Gasteiger partial charge >= 0.3 is 0 Å². The minimum Gasteiger partial charge on any atom is -0.389 e. The van der Waals surface area contributed by atoms with E-state index in [0.29, 0.717) is 10.7 Å². The van der Waals surface area contributed by atoms with Gasteiger partial charge in [-0.3, -0.25) is 9.71 Å². The van der Waals surface area contributed by atoms with Crippen LogP contribution in [0.25, 0.3) is 21.6 Å². The molecule has 9 heteroatoms. The van der Waals surface area contributed by atoms with Gasteiger partial charge < -0.3 is 5.11 Å². The second-order valence-corrected chi connectivity index (χ2v) is 11.6. The Kier molecular flexibility index (Phi) is 6.59. The molecule has 2 N–H and O–H groups in total. The first-order valence-corrected chi connectivity index (χ1v) is 13.0. The fraction of sp³-hybridized carbons (Fsp3) is 0.250. The topological polar surface area (TPSA) is 79.3 Å². The van der Waals surface area contributed by atoms with Gasteiger partial charge in [-0.15, -0.1) is 11.3 Å². The van der Waals surface area contributed by atoms with Crippen LogP contribution in [0.4, 0.5) is 5.69 Å². The van der Waals surface area contributed by atoms with E-state index in [1.807, 2.05) is 23.6 Å². The molecule has 2 aromatic heterocycles. The summed E-state index contributed by atoms with van der Waals surface area (Å²) in [6.07, 6.45) is 2.85. The third kappa shape index (κ3) is 5.69. The summed E-state index contributed by atoms with van der Waals surface area (Å²) < 4.78 is 25.1. The van der Waals surface area contributed by atoms with Crippen molar-refractivity contribution in [3.8, 4) is 21.6 Å². The molecule has 0 spiro atoms. The van der Waals surface area contributed by atoms with Crippen molar-refractivity contribution in [3.05, 3.63) is 58.7 Å². The van der Waals surface area contributed by atoms with Crippen LogP contribution in [0.5, 0.6) is 0 Å². The maximum atomic E-state index is 11.4. The quantitative estimate of drug-likeness (QED) is 0.296. The molecule has 5 nitrogen and oxygen atoms in total. The first-order chi connectivity index (χ1) is 13.4. The second-order valence-electron chi connectivity index (χ2n) is 7.25. The number of hydrogen-bond acceptors (Lipinski definition) is 5. The van der Waals surface area contributed by atoms with Gasteiger partial charge in [0.2, 0.25) is 10.0 Å². The molecule has 0 saturated heterocycles. The molecule has 1 atom stereocenters. The third-order valence-corrected chi connectivity index (χ3v) is 8.18. The molecule has 0 radical (unpaired) electrons. The zero-order chi connectivity index (χ0) is 21.4. The smallest absolute Gasteiger partial charge is 0.229 e. The Morgan fingerprint density at radius 3 is 2.55 bits per heavy atom. The number of rotatable bonds is 6. The number of anilines is 1. The van der Waals surface area contributed by atoms with Gasteiger partial charge in [0, 0.05) is 22.3 Å². The molecular weight excluding hydrogens is 543 g/mol. The molecule has 0 amide bonds. The van der Waals surface area contributed by atoms with Crippen molar-refractivity contribution in [2.45, 2.75) is 23.4 Å². The van der Waals surface area contributed by atoms with Crippen LogP contribution in [-0.2, 0) is 10.0 Å². The summed E-state index contributed by atoms with van der Waals surface area (Å²) in [7, 11) is -3.36. The number of thiophene rings is 1. The number of aromatic nitrogens is 1. The van der Waals surface area contributed by atoms with Gasteiger partial charge in [0.25, 0.3) is 0 Å². The van der Waals surface area contributed by atoms with Crippen molar-refractivity contribution in [1.29, 1.82) is 0 Å². The van der Waals surface area contributed by atoms with Crippen molar-refractivity contribution < 1.29 is 13.5 Å². The predicted octanol–water partition coefficient (Wildman–Crippen LogP) is 5.75. The van der Waals surface area contributed by atoms with E-state index in [0.717, 1.165) is 33.5 Å². The summed E-state index contributed by atoms with van der Waals surface area (Å²) in [5, 5.41) is 12.8. The van der Waals surface area contributed by atoms with Gasteiger partial charge in [-0.1, -0.05) is 34.2 Å². The van der Waals surface area contributed by atoms with Crippen LogP contribution in [0, 0.1) is 0 Å². The van der Waals surface area contributed by atoms with E-state index < -0.39 is 15.6 Å². The second kappa shape index (κ2) is 8.50. The van der Waals surface area contributed by atoms with E-state index in [9.17, 15) is 13.5 Å². The Morgan fingerprint density at radius 1 is 1.21 bits per heavy atom. The maximum absolute atomic E-state index is 11.4. The number of halogens is 2. The highest BCUT2D eigenvalue weighted by molar-refractivity contribution is 14.1. The molecule has 3 rings (SSSR count). The molecule has 1 unspecified atom stereocenters. The van der Waals surface area contributed by atoms with Gasteiger partial charge in [0.1, 0.15) is 0 Å². The molecule has 0 bridgehead atoms. The highest BCUT2D eigenvalue weighted by Gasteiger charge is 2.27. The molecule has 0 aliphatic rings. The average molecular weight is 563 g/mol. The summed E-state index contributed by atoms with van der Waals surface area (Å²) in [5.74, 6) is 0. The fourth-order valence-electron chi connectivity index (χ4n) is 2.75. The van der Waals surface area contributed by atoms with Crippen LogP contribution in [0.3, 0.4) is 0 Å². The molecule has 154 valence electrons. The average Bonchev–Trinajstić information content (AvgIpc) is 3.09. The number of pyridine rings is 1. The minimum absolute atomic E-state index is 0.137. The zero-order valence-electron chi connectivity index (χ0n) is 16.0. The highest BCUT2D eigenvalue weighted by atomic mass is 127. The third-order valence-electron chi connectivity index (χ3n) is 4.13. The monoisotopic (exact) mass is 562 g/mol. The summed E-state index contributed by atoms with van der Waals surface area (Å²) in [6, 6.07) is 11.1. The summed E-state index contributed by atoms with van der Waals surface area (Å²) in [4.78, 5) is 5.38. The summed E-state index contributed by atoms with van der Waals surface area (Å²) >= 11 is 10.2. The number of nitrogens with one attached hydrogen (secondary N) is 1. The molecular formula is C20H20ClIN2O3S2. The summed E-state index contributed by atoms with van der Waals surface area (Å²) in [6.45, 7) is 3.54. The lowest BCUT2D eigenvalue weighted by Crippen LogP contribution is -2.25. The summed E-state index contributed by atoms with van der Waals surface area (Å²) in [5.41, 5.74) is 3.24. The highest BCUT2D eigenvalue weighted by Crippen LogP contribution is 2.39. The van der Waals surface area contributed by atoms with Crippen LogP contribution >= 0.6 is 45.5 Å². The van der Waals surface area contributed by atoms with E-state index >= 15 is 0 Å². The Bertz CT molecular complexity index is 1140. The Morgan fingerprint density at radius 2 is 1.93 bits per heavy atom. The number of aliphatic hydroxyl groups is 1. The van der Waals surface area contributed by atoms with Gasteiger partial charge in [-0.2, -0.15) is 0 Å². The van der Waals surface area contributed by atoms with Crippen LogP contribution in [0.1, 0.15) is 23.5 Å². The van der Waals surface area contributed by atoms with Crippen molar-refractivity contribution in [2.75, 3.05) is 11.0 Å². The molecule has 3 aromatic rings. The van der Waals surface area contributed by atoms with Gasteiger partial charge in [0.05, 0.1) is 26.5 Å². The van der Waals surface area contributed by atoms with Crippen molar-refractivity contribution >= 4 is 61.2 Å². The van der Waals surface area contributed by atoms with E-state index in [1.54, 1.807) is 49.6 Å². The van der Waals surface area contributed by atoms with Crippen molar-refractivity contribution in [3.63, 3.8) is 0 Å². The molecule has 2 heterocycles. The van der Waals surface area contributed by atoms with Gasteiger partial charge in [-0.25, -0.2) is 8.42 Å². The van der Waals surface area contributed by atoms with Gasteiger partial charge in [0.15, 0.2) is 0 Å². The predicted molar refractivity (Wildman–Crippen MR) is 130 cm³/mol. The Balaban J connectivity index is 1.90. The van der Waals surface area contributed by atoms with E-state index in [4.69, 9.17) is 11.6 Å². The lowest BCUT2D eigenvalue weighted by molar-refractivity contribution is 0.0814. The number of sulfonamides is 1. The van der Waals surface area contributed by atoms with Crippen molar-refractivity contribution in [1.82, 2.24) is 4.98 Å². The van der Waals surface area contributed by atoms with Crippen molar-refractivity contribution in [2.24, 2.45) is 0 Å². The normalized spacial score (nSPS) is 13.3. The van der Waals surface area contributed by atoms with Crippen LogP contribution in [0.15, 0.2) is 48.0 Å². The molecule has 0 fully saturated rings. The van der Waals surface area contributed by atoms with E-state index in [1.165, 1.54) is 0 Å². The lowest BCUT2D eigenvalue weighted by Gasteiger charge is -2.23. The van der Waals surface area contributed by atoms with E-state index in [2.05, 4.69) is 32.3 Å².